The van der Waals surface area contributed by atoms with Gasteiger partial charge in [0.1, 0.15) is 5.82 Å². The smallest absolute Gasteiger partial charge is 0.106 e. The number of hydrogen-bond donors (Lipinski definition) is 3. The summed E-state index contributed by atoms with van der Waals surface area (Å²) in [5.41, 5.74) is 0. The maximum atomic E-state index is 4.63. The molecule has 1 aromatic rings. The Morgan fingerprint density at radius 1 is 1.70 bits per heavy atom. The molecule has 0 aliphatic carbocycles. The second-order valence-electron chi connectivity index (χ2n) is 1.50. The Labute approximate surface area is 70.2 Å². The second kappa shape index (κ2) is 4.21. The third kappa shape index (κ3) is 2.77. The Kier molecular flexibility index (Phi) is 3.94. The fourth-order valence-electron chi connectivity index (χ4n) is 0.518. The van der Waals surface area contributed by atoms with Crippen LogP contribution in [0, 0.1) is 0 Å². The summed E-state index contributed by atoms with van der Waals surface area (Å²) < 4.78 is 0.359. The molecule has 0 radical (unpaired) electrons. The van der Waals surface area contributed by atoms with Gasteiger partial charge in [0, 0.05) is 6.20 Å². The molecule has 0 saturated heterocycles. The lowest BCUT2D eigenvalue weighted by Crippen LogP contribution is -2.03. The van der Waals surface area contributed by atoms with Gasteiger partial charge in [-0.25, -0.2) is 0 Å². The SMILES string of the molecule is S=C([S-])Nc1ccc[nH]1.[NH4+]. The molecule has 6 N–H and O–H groups in total. The van der Waals surface area contributed by atoms with Crippen molar-refractivity contribution in [3.8, 4) is 0 Å². The summed E-state index contributed by atoms with van der Waals surface area (Å²) in [7, 11) is 0. The topological polar surface area (TPSA) is 64.3 Å². The first-order chi connectivity index (χ1) is 4.29. The van der Waals surface area contributed by atoms with Gasteiger partial charge in [-0.05, 0) is 12.1 Å². The molecule has 0 unspecified atom stereocenters. The molecular weight excluding hydrogens is 166 g/mol. The van der Waals surface area contributed by atoms with Crippen molar-refractivity contribution in [1.29, 1.82) is 0 Å². The number of quaternary nitrogens is 1. The van der Waals surface area contributed by atoms with Gasteiger partial charge in [-0.1, -0.05) is 4.32 Å². The molecule has 10 heavy (non-hydrogen) atoms. The maximum absolute atomic E-state index is 4.63. The Morgan fingerprint density at radius 2 is 2.40 bits per heavy atom. The third-order valence-corrected chi connectivity index (χ3v) is 1.04. The molecule has 5 heteroatoms. The van der Waals surface area contributed by atoms with Crippen molar-refractivity contribution in [2.24, 2.45) is 0 Å². The van der Waals surface area contributed by atoms with Crippen molar-refractivity contribution in [2.75, 3.05) is 5.32 Å². The summed E-state index contributed by atoms with van der Waals surface area (Å²) in [6.07, 6.45) is 1.80. The summed E-state index contributed by atoms with van der Waals surface area (Å²) >= 11 is 9.25. The van der Waals surface area contributed by atoms with Crippen molar-refractivity contribution >= 4 is 35.0 Å². The van der Waals surface area contributed by atoms with Crippen molar-refractivity contribution < 1.29 is 0 Å². The van der Waals surface area contributed by atoms with Crippen molar-refractivity contribution in [1.82, 2.24) is 11.1 Å². The Balaban J connectivity index is 0.000000810. The van der Waals surface area contributed by atoms with E-state index in [9.17, 15) is 0 Å². The molecule has 1 rings (SSSR count). The molecular formula is C5H9N3S2. The predicted octanol–water partition coefficient (Wildman–Crippen LogP) is 1.63. The fraction of sp³-hybridized carbons (Fsp3) is 0. The molecule has 0 amide bonds. The Bertz CT molecular complexity index is 195. The summed E-state index contributed by atoms with van der Waals surface area (Å²) in [6, 6.07) is 3.73. The minimum atomic E-state index is 0. The number of hydrogen-bond acceptors (Lipinski definition) is 2. The van der Waals surface area contributed by atoms with Crippen LogP contribution in [-0.4, -0.2) is 9.30 Å². The van der Waals surface area contributed by atoms with Crippen LogP contribution in [0.2, 0.25) is 0 Å². The molecule has 0 saturated carbocycles. The number of aromatic amines is 1. The Hall–Kier alpha value is -0.650. The lowest BCUT2D eigenvalue weighted by Gasteiger charge is -2.05. The summed E-state index contributed by atoms with van der Waals surface area (Å²) in [6.45, 7) is 0. The van der Waals surface area contributed by atoms with Gasteiger partial charge in [0.25, 0.3) is 0 Å². The highest BCUT2D eigenvalue weighted by molar-refractivity contribution is 8.00. The van der Waals surface area contributed by atoms with Crippen LogP contribution < -0.4 is 11.5 Å². The number of nitrogens with one attached hydrogen (secondary N) is 2. The first-order valence-corrected chi connectivity index (χ1v) is 3.22. The maximum Gasteiger partial charge on any atom is 0.106 e. The van der Waals surface area contributed by atoms with Crippen LogP contribution in [0.25, 0.3) is 0 Å². The predicted molar refractivity (Wildman–Crippen MR) is 50.4 cm³/mol. The highest BCUT2D eigenvalue weighted by Gasteiger charge is 1.83. The minimum Gasteiger partial charge on any atom is -0.411 e. The number of rotatable bonds is 1. The van der Waals surface area contributed by atoms with Crippen molar-refractivity contribution in [2.45, 2.75) is 0 Å². The van der Waals surface area contributed by atoms with Crippen LogP contribution in [-0.2, 0) is 12.6 Å². The number of anilines is 1. The van der Waals surface area contributed by atoms with E-state index in [4.69, 9.17) is 0 Å². The van der Waals surface area contributed by atoms with Gasteiger partial charge in [-0.3, -0.25) is 0 Å². The van der Waals surface area contributed by atoms with Crippen LogP contribution in [0.1, 0.15) is 0 Å². The molecule has 0 aliphatic rings. The van der Waals surface area contributed by atoms with Gasteiger partial charge in [-0.2, -0.15) is 0 Å². The zero-order valence-corrected chi connectivity index (χ0v) is 7.18. The van der Waals surface area contributed by atoms with E-state index in [0.717, 1.165) is 5.82 Å². The molecule has 0 atom stereocenters. The van der Waals surface area contributed by atoms with E-state index in [1.807, 2.05) is 12.1 Å². The van der Waals surface area contributed by atoms with Gasteiger partial charge < -0.3 is 41.3 Å². The average molecular weight is 175 g/mol. The standard InChI is InChI=1S/C5H6N2S2.H3N/c8-5(9)7-4-2-1-3-6-4;/h1-3,6H,(H2,7,8,9);1H3. The largest absolute Gasteiger partial charge is 0.411 e. The normalized spacial score (nSPS) is 8.00. The molecule has 56 valence electrons. The molecule has 0 aliphatic heterocycles. The van der Waals surface area contributed by atoms with Crippen LogP contribution in [0.5, 0.6) is 0 Å². The zero-order valence-electron chi connectivity index (χ0n) is 5.55. The van der Waals surface area contributed by atoms with Gasteiger partial charge in [0.15, 0.2) is 0 Å². The molecule has 3 nitrogen and oxygen atoms in total. The zero-order chi connectivity index (χ0) is 6.69. The van der Waals surface area contributed by atoms with Gasteiger partial charge in [-0.15, -0.1) is 0 Å². The van der Waals surface area contributed by atoms with E-state index >= 15 is 0 Å². The van der Waals surface area contributed by atoms with Gasteiger partial charge >= 0.3 is 0 Å². The minimum absolute atomic E-state index is 0. The molecule has 0 fully saturated rings. The van der Waals surface area contributed by atoms with Crippen molar-refractivity contribution in [3.63, 3.8) is 0 Å². The van der Waals surface area contributed by atoms with Gasteiger partial charge in [0.2, 0.25) is 0 Å². The van der Waals surface area contributed by atoms with E-state index in [1.165, 1.54) is 0 Å². The van der Waals surface area contributed by atoms with Crippen LogP contribution in [0.15, 0.2) is 18.3 Å². The summed E-state index contributed by atoms with van der Waals surface area (Å²) in [5, 5.41) is 2.78. The molecule has 1 aromatic heterocycles. The van der Waals surface area contributed by atoms with Crippen LogP contribution >= 0.6 is 12.2 Å². The average Bonchev–Trinajstić information content (AvgIpc) is 2.15. The summed E-state index contributed by atoms with van der Waals surface area (Å²) in [4.78, 5) is 2.90. The van der Waals surface area contributed by atoms with E-state index in [-0.39, 0.29) is 6.15 Å². The highest BCUT2D eigenvalue weighted by atomic mass is 32.1. The fourth-order valence-corrected chi connectivity index (χ4v) is 0.738. The van der Waals surface area contributed by atoms with Gasteiger partial charge in [0.05, 0.1) is 0 Å². The van der Waals surface area contributed by atoms with Crippen molar-refractivity contribution in [3.05, 3.63) is 18.3 Å². The first kappa shape index (κ1) is 9.35. The van der Waals surface area contributed by atoms with E-state index in [2.05, 4.69) is 35.1 Å². The summed E-state index contributed by atoms with van der Waals surface area (Å²) in [5.74, 6) is 0.843. The second-order valence-corrected chi connectivity index (χ2v) is 2.57. The first-order valence-electron chi connectivity index (χ1n) is 2.40. The highest BCUT2D eigenvalue weighted by Crippen LogP contribution is 1.99. The third-order valence-electron chi connectivity index (χ3n) is 0.835. The molecule has 0 bridgehead atoms. The lowest BCUT2D eigenvalue weighted by molar-refractivity contribution is 1.41. The molecule has 0 spiro atoms. The monoisotopic (exact) mass is 175 g/mol. The number of aromatic nitrogens is 1. The Morgan fingerprint density at radius 3 is 2.80 bits per heavy atom. The van der Waals surface area contributed by atoms with E-state index < -0.39 is 0 Å². The van der Waals surface area contributed by atoms with Crippen LogP contribution in [0.3, 0.4) is 0 Å². The van der Waals surface area contributed by atoms with E-state index in [0.29, 0.717) is 4.32 Å². The molecule has 1 heterocycles. The molecule has 0 aromatic carbocycles. The lowest BCUT2D eigenvalue weighted by atomic mass is 10.6. The number of thiocarbonyl (C=S) groups is 1. The van der Waals surface area contributed by atoms with E-state index in [1.54, 1.807) is 6.20 Å². The number of H-pyrrole nitrogens is 1. The quantitative estimate of drug-likeness (QED) is 0.449. The van der Waals surface area contributed by atoms with Crippen LogP contribution in [0.4, 0.5) is 5.82 Å².